The molecular weight excluding hydrogens is 294 g/mol. The average Bonchev–Trinajstić information content (AvgIpc) is 2.46. The second-order valence-electron chi connectivity index (χ2n) is 4.35. The van der Waals surface area contributed by atoms with Crippen LogP contribution in [0.25, 0.3) is 22.3 Å². The Bertz CT molecular complexity index is 921. The van der Waals surface area contributed by atoms with Crippen LogP contribution in [0.5, 0.6) is 0 Å². The van der Waals surface area contributed by atoms with Gasteiger partial charge in [0.1, 0.15) is 5.82 Å². The molecule has 0 amide bonds. The predicted octanol–water partition coefficient (Wildman–Crippen LogP) is 3.15. The van der Waals surface area contributed by atoms with Crippen molar-refractivity contribution in [1.29, 1.82) is 0 Å². The van der Waals surface area contributed by atoms with Gasteiger partial charge in [-0.2, -0.15) is 0 Å². The first-order valence-corrected chi connectivity index (χ1v) is 6.37. The van der Waals surface area contributed by atoms with E-state index in [1.807, 2.05) is 0 Å². The summed E-state index contributed by atoms with van der Waals surface area (Å²) in [4.78, 5) is 29.4. The number of H-pyrrole nitrogens is 1. The van der Waals surface area contributed by atoms with E-state index in [4.69, 9.17) is 11.6 Å². The van der Waals surface area contributed by atoms with Crippen molar-refractivity contribution in [2.45, 2.75) is 0 Å². The van der Waals surface area contributed by atoms with Crippen LogP contribution in [-0.4, -0.2) is 14.9 Å². The van der Waals surface area contributed by atoms with Crippen LogP contribution in [0.1, 0.15) is 0 Å². The first-order chi connectivity index (χ1) is 10.1. The molecule has 0 aliphatic rings. The Morgan fingerprint density at radius 1 is 1.19 bits per heavy atom. The minimum Gasteiger partial charge on any atom is -0.306 e. The van der Waals surface area contributed by atoms with Gasteiger partial charge in [-0.25, -0.2) is 4.98 Å². The molecule has 0 radical (unpaired) electrons. The fourth-order valence-electron chi connectivity index (χ4n) is 2.07. The summed E-state index contributed by atoms with van der Waals surface area (Å²) in [5, 5.41) is 11.9. The first kappa shape index (κ1) is 13.3. The summed E-state index contributed by atoms with van der Waals surface area (Å²) < 4.78 is 0. The molecule has 0 aliphatic heterocycles. The van der Waals surface area contributed by atoms with Gasteiger partial charge in [0.2, 0.25) is 0 Å². The molecule has 0 aliphatic carbocycles. The Labute approximate surface area is 123 Å². The third kappa shape index (κ3) is 2.36. The van der Waals surface area contributed by atoms with E-state index in [2.05, 4.69) is 9.97 Å². The van der Waals surface area contributed by atoms with E-state index >= 15 is 0 Å². The standard InChI is InChI=1S/C14H8ClN3O3/c15-8-5-6-9-11(7-8)16-13(17-14(9)19)10-3-1-2-4-12(10)18(20)21/h1-7H,(H,16,17,19). The quantitative estimate of drug-likeness (QED) is 0.581. The third-order valence-corrected chi connectivity index (χ3v) is 3.26. The number of hydrogen-bond donors (Lipinski definition) is 1. The van der Waals surface area contributed by atoms with E-state index in [1.165, 1.54) is 12.1 Å². The molecule has 0 saturated heterocycles. The predicted molar refractivity (Wildman–Crippen MR) is 79.5 cm³/mol. The van der Waals surface area contributed by atoms with Gasteiger partial charge in [-0.15, -0.1) is 0 Å². The summed E-state index contributed by atoms with van der Waals surface area (Å²) in [6.07, 6.45) is 0. The van der Waals surface area contributed by atoms with Gasteiger partial charge in [-0.05, 0) is 24.3 Å². The van der Waals surface area contributed by atoms with Gasteiger partial charge in [0.25, 0.3) is 11.2 Å². The number of para-hydroxylation sites is 1. The van der Waals surface area contributed by atoms with Gasteiger partial charge >= 0.3 is 0 Å². The van der Waals surface area contributed by atoms with Crippen LogP contribution < -0.4 is 5.56 Å². The summed E-state index contributed by atoms with van der Waals surface area (Å²) in [5.74, 6) is 0.141. The smallest absolute Gasteiger partial charge is 0.280 e. The Morgan fingerprint density at radius 3 is 2.71 bits per heavy atom. The molecule has 21 heavy (non-hydrogen) atoms. The molecule has 0 saturated carbocycles. The summed E-state index contributed by atoms with van der Waals surface area (Å²) in [7, 11) is 0. The van der Waals surface area contributed by atoms with Gasteiger partial charge in [0.15, 0.2) is 0 Å². The maximum Gasteiger partial charge on any atom is 0.280 e. The third-order valence-electron chi connectivity index (χ3n) is 3.02. The number of benzene rings is 2. The lowest BCUT2D eigenvalue weighted by Crippen LogP contribution is -2.10. The molecule has 0 fully saturated rings. The van der Waals surface area contributed by atoms with E-state index in [-0.39, 0.29) is 22.6 Å². The van der Waals surface area contributed by atoms with Gasteiger partial charge in [0.05, 0.1) is 21.4 Å². The Morgan fingerprint density at radius 2 is 1.95 bits per heavy atom. The SMILES string of the molecule is O=c1[nH]c(-c2ccccc2[N+](=O)[O-])nc2cc(Cl)ccc12. The molecule has 1 N–H and O–H groups in total. The summed E-state index contributed by atoms with van der Waals surface area (Å²) in [6.45, 7) is 0. The highest BCUT2D eigenvalue weighted by Gasteiger charge is 2.17. The lowest BCUT2D eigenvalue weighted by molar-refractivity contribution is -0.384. The Hall–Kier alpha value is -2.73. The number of nitro benzene ring substituents is 1. The van der Waals surface area contributed by atoms with Crippen LogP contribution in [0.2, 0.25) is 5.02 Å². The number of nitro groups is 1. The maximum absolute atomic E-state index is 12.1. The molecule has 0 unspecified atom stereocenters. The van der Waals surface area contributed by atoms with E-state index < -0.39 is 4.92 Å². The normalized spacial score (nSPS) is 10.7. The van der Waals surface area contributed by atoms with E-state index in [0.717, 1.165) is 0 Å². The second kappa shape index (κ2) is 4.99. The van der Waals surface area contributed by atoms with E-state index in [9.17, 15) is 14.9 Å². The zero-order chi connectivity index (χ0) is 15.0. The molecule has 0 bridgehead atoms. The summed E-state index contributed by atoms with van der Waals surface area (Å²) in [5.41, 5.74) is 0.146. The Kier molecular flexibility index (Phi) is 3.15. The molecule has 7 heteroatoms. The van der Waals surface area contributed by atoms with E-state index in [1.54, 1.807) is 30.3 Å². The molecule has 6 nitrogen and oxygen atoms in total. The number of aromatic amines is 1. The van der Waals surface area contributed by atoms with Crippen molar-refractivity contribution >= 4 is 28.2 Å². The number of hydrogen-bond acceptors (Lipinski definition) is 4. The lowest BCUT2D eigenvalue weighted by Gasteiger charge is -2.04. The van der Waals surface area contributed by atoms with Crippen molar-refractivity contribution in [3.63, 3.8) is 0 Å². The van der Waals surface area contributed by atoms with Gasteiger partial charge in [-0.1, -0.05) is 23.7 Å². The van der Waals surface area contributed by atoms with Crippen molar-refractivity contribution in [3.8, 4) is 11.4 Å². The van der Waals surface area contributed by atoms with Crippen LogP contribution >= 0.6 is 11.6 Å². The zero-order valence-corrected chi connectivity index (χ0v) is 11.3. The minimum atomic E-state index is -0.516. The van der Waals surface area contributed by atoms with E-state index in [0.29, 0.717) is 15.9 Å². The van der Waals surface area contributed by atoms with Crippen LogP contribution in [0.3, 0.4) is 0 Å². The topological polar surface area (TPSA) is 88.9 Å². The molecule has 2 aromatic carbocycles. The first-order valence-electron chi connectivity index (χ1n) is 5.99. The van der Waals surface area contributed by atoms with Crippen molar-refractivity contribution in [3.05, 3.63) is 68.0 Å². The maximum atomic E-state index is 12.1. The fourth-order valence-corrected chi connectivity index (χ4v) is 2.24. The molecule has 3 aromatic rings. The molecular formula is C14H8ClN3O3. The molecule has 0 atom stereocenters. The number of aromatic nitrogens is 2. The van der Waals surface area contributed by atoms with Crippen molar-refractivity contribution in [2.24, 2.45) is 0 Å². The average molecular weight is 302 g/mol. The van der Waals surface area contributed by atoms with Crippen LogP contribution in [0, 0.1) is 10.1 Å². The highest BCUT2D eigenvalue weighted by atomic mass is 35.5. The zero-order valence-electron chi connectivity index (χ0n) is 10.5. The Balaban J connectivity index is 2.31. The number of fused-ring (bicyclic) bond motifs is 1. The van der Waals surface area contributed by atoms with Gasteiger partial charge < -0.3 is 4.98 Å². The number of halogens is 1. The van der Waals surface area contributed by atoms with Crippen LogP contribution in [0.15, 0.2) is 47.3 Å². The highest BCUT2D eigenvalue weighted by molar-refractivity contribution is 6.31. The molecule has 1 aromatic heterocycles. The van der Waals surface area contributed by atoms with Crippen LogP contribution in [-0.2, 0) is 0 Å². The fraction of sp³-hybridized carbons (Fsp3) is 0. The molecule has 104 valence electrons. The van der Waals surface area contributed by atoms with Crippen molar-refractivity contribution in [2.75, 3.05) is 0 Å². The van der Waals surface area contributed by atoms with Crippen LogP contribution in [0.4, 0.5) is 5.69 Å². The monoisotopic (exact) mass is 301 g/mol. The molecule has 0 spiro atoms. The van der Waals surface area contributed by atoms with Gasteiger partial charge in [0, 0.05) is 11.1 Å². The molecule has 1 heterocycles. The van der Waals surface area contributed by atoms with Crippen molar-refractivity contribution in [1.82, 2.24) is 9.97 Å². The van der Waals surface area contributed by atoms with Gasteiger partial charge in [-0.3, -0.25) is 14.9 Å². The minimum absolute atomic E-state index is 0.123. The number of nitrogens with zero attached hydrogens (tertiary/aromatic N) is 2. The number of rotatable bonds is 2. The lowest BCUT2D eigenvalue weighted by atomic mass is 10.1. The number of nitrogens with one attached hydrogen (secondary N) is 1. The summed E-state index contributed by atoms with van der Waals surface area (Å²) in [6, 6.07) is 10.8. The van der Waals surface area contributed by atoms with Crippen molar-refractivity contribution < 1.29 is 4.92 Å². The second-order valence-corrected chi connectivity index (χ2v) is 4.79. The molecule has 3 rings (SSSR count). The summed E-state index contributed by atoms with van der Waals surface area (Å²) >= 11 is 5.89. The largest absolute Gasteiger partial charge is 0.306 e. The highest BCUT2D eigenvalue weighted by Crippen LogP contribution is 2.27.